The van der Waals surface area contributed by atoms with Gasteiger partial charge in [0.15, 0.2) is 5.65 Å². The van der Waals surface area contributed by atoms with Crippen molar-refractivity contribution in [3.8, 4) is 0 Å². The van der Waals surface area contributed by atoms with Gasteiger partial charge in [-0.05, 0) is 42.7 Å². The fraction of sp³-hybridized carbons (Fsp3) is 0.294. The zero-order chi connectivity index (χ0) is 18.3. The average Bonchev–Trinajstić information content (AvgIpc) is 3.27. The van der Waals surface area contributed by atoms with Crippen molar-refractivity contribution in [1.29, 1.82) is 0 Å². The molecule has 7 nitrogen and oxygen atoms in total. The lowest BCUT2D eigenvalue weighted by molar-refractivity contribution is 0.477. The lowest BCUT2D eigenvalue weighted by atomic mass is 10.2. The molecule has 2 aromatic heterocycles. The molecule has 136 valence electrons. The molecule has 0 radical (unpaired) electrons. The van der Waals surface area contributed by atoms with Gasteiger partial charge in [0.25, 0.3) is 0 Å². The van der Waals surface area contributed by atoms with E-state index < -0.39 is 15.7 Å². The minimum atomic E-state index is -3.61. The number of nitrogens with zero attached hydrogens (tertiary/aromatic N) is 4. The summed E-state index contributed by atoms with van der Waals surface area (Å²) in [5.41, 5.74) is 0.641. The quantitative estimate of drug-likeness (QED) is 0.691. The number of sulfonamides is 1. The Morgan fingerprint density at radius 2 is 1.73 bits per heavy atom. The second-order valence-corrected chi connectivity index (χ2v) is 8.21. The standard InChI is InChI=1S/C17H17FN4O3S/c18-14-5-3-13(4-6-14)11-22-17(23)21-12-15(7-8-16(21)19-22)26(24,25)20-9-1-2-10-20/h3-8,12H,1-2,9-11H2. The van der Waals surface area contributed by atoms with Crippen molar-refractivity contribution in [3.05, 3.63) is 64.5 Å². The van der Waals surface area contributed by atoms with Crippen LogP contribution in [-0.2, 0) is 16.6 Å². The lowest BCUT2D eigenvalue weighted by Gasteiger charge is -2.15. The third-order valence-corrected chi connectivity index (χ3v) is 6.38. The first-order valence-corrected chi connectivity index (χ1v) is 9.73. The first kappa shape index (κ1) is 16.9. The number of pyridine rings is 1. The number of rotatable bonds is 4. The fourth-order valence-corrected chi connectivity index (χ4v) is 4.61. The van der Waals surface area contributed by atoms with E-state index in [9.17, 15) is 17.6 Å². The first-order valence-electron chi connectivity index (χ1n) is 8.29. The third-order valence-electron chi connectivity index (χ3n) is 4.50. The van der Waals surface area contributed by atoms with Crippen LogP contribution in [0, 0.1) is 5.82 Å². The van der Waals surface area contributed by atoms with Crippen LogP contribution in [0.15, 0.2) is 52.3 Å². The van der Waals surface area contributed by atoms with Crippen molar-refractivity contribution in [3.63, 3.8) is 0 Å². The van der Waals surface area contributed by atoms with E-state index in [0.717, 1.165) is 18.4 Å². The highest BCUT2D eigenvalue weighted by Gasteiger charge is 2.27. The summed E-state index contributed by atoms with van der Waals surface area (Å²) in [5.74, 6) is -0.354. The van der Waals surface area contributed by atoms with Crippen molar-refractivity contribution in [1.82, 2.24) is 18.5 Å². The summed E-state index contributed by atoms with van der Waals surface area (Å²) in [6, 6.07) is 8.78. The first-order chi connectivity index (χ1) is 12.4. The highest BCUT2D eigenvalue weighted by Crippen LogP contribution is 2.20. The number of hydrogen-bond donors (Lipinski definition) is 0. The van der Waals surface area contributed by atoms with E-state index >= 15 is 0 Å². The molecule has 3 aromatic rings. The van der Waals surface area contributed by atoms with Gasteiger partial charge in [0, 0.05) is 19.3 Å². The third kappa shape index (κ3) is 2.93. The number of halogens is 1. The van der Waals surface area contributed by atoms with Gasteiger partial charge in [-0.1, -0.05) is 12.1 Å². The van der Waals surface area contributed by atoms with Crippen LogP contribution >= 0.6 is 0 Å². The van der Waals surface area contributed by atoms with E-state index in [1.54, 1.807) is 12.1 Å². The van der Waals surface area contributed by atoms with E-state index in [-0.39, 0.29) is 17.3 Å². The zero-order valence-corrected chi connectivity index (χ0v) is 14.7. The zero-order valence-electron chi connectivity index (χ0n) is 13.9. The molecule has 1 aromatic carbocycles. The molecular weight excluding hydrogens is 359 g/mol. The maximum Gasteiger partial charge on any atom is 0.350 e. The highest BCUT2D eigenvalue weighted by molar-refractivity contribution is 7.89. The molecular formula is C17H17FN4O3S. The van der Waals surface area contributed by atoms with Gasteiger partial charge < -0.3 is 0 Å². The monoisotopic (exact) mass is 376 g/mol. The molecule has 9 heteroatoms. The van der Waals surface area contributed by atoms with Crippen LogP contribution in [0.25, 0.3) is 5.65 Å². The van der Waals surface area contributed by atoms with E-state index in [1.165, 1.54) is 43.9 Å². The van der Waals surface area contributed by atoms with E-state index in [4.69, 9.17) is 0 Å². The molecule has 0 unspecified atom stereocenters. The molecule has 4 rings (SSSR count). The molecule has 1 fully saturated rings. The molecule has 0 saturated carbocycles. The summed E-state index contributed by atoms with van der Waals surface area (Å²) in [6.45, 7) is 1.17. The summed E-state index contributed by atoms with van der Waals surface area (Å²) in [7, 11) is -3.61. The topological polar surface area (TPSA) is 76.7 Å². The van der Waals surface area contributed by atoms with E-state index in [1.807, 2.05) is 0 Å². The Morgan fingerprint density at radius 3 is 2.42 bits per heavy atom. The van der Waals surface area contributed by atoms with Crippen molar-refractivity contribution in [2.45, 2.75) is 24.3 Å². The Morgan fingerprint density at radius 1 is 1.04 bits per heavy atom. The molecule has 0 N–H and O–H groups in total. The summed E-state index contributed by atoms with van der Waals surface area (Å²) >= 11 is 0. The molecule has 3 heterocycles. The molecule has 26 heavy (non-hydrogen) atoms. The SMILES string of the molecule is O=c1n(Cc2ccc(F)cc2)nc2ccc(S(=O)(=O)N3CCCC3)cn12. The van der Waals surface area contributed by atoms with Crippen LogP contribution in [0.5, 0.6) is 0 Å². The Balaban J connectivity index is 1.71. The Hall–Kier alpha value is -2.52. The second kappa shape index (κ2) is 6.33. The summed E-state index contributed by atoms with van der Waals surface area (Å²) in [5, 5.41) is 4.22. The van der Waals surface area contributed by atoms with Crippen LogP contribution in [0.1, 0.15) is 18.4 Å². The predicted octanol–water partition coefficient (Wildman–Crippen LogP) is 1.47. The minimum absolute atomic E-state index is 0.0790. The number of hydrogen-bond acceptors (Lipinski definition) is 4. The number of fused-ring (bicyclic) bond motifs is 1. The predicted molar refractivity (Wildman–Crippen MR) is 92.9 cm³/mol. The maximum atomic E-state index is 13.0. The summed E-state index contributed by atoms with van der Waals surface area (Å²) in [6.07, 6.45) is 3.01. The van der Waals surface area contributed by atoms with Crippen molar-refractivity contribution in [2.24, 2.45) is 0 Å². The van der Waals surface area contributed by atoms with E-state index in [0.29, 0.717) is 18.7 Å². The molecule has 0 bridgehead atoms. The van der Waals surface area contributed by atoms with E-state index in [2.05, 4.69) is 5.10 Å². The van der Waals surface area contributed by atoms with Crippen molar-refractivity contribution >= 4 is 15.7 Å². The van der Waals surface area contributed by atoms with Crippen LogP contribution in [0.3, 0.4) is 0 Å². The second-order valence-electron chi connectivity index (χ2n) is 6.27. The van der Waals surface area contributed by atoms with Gasteiger partial charge in [0.05, 0.1) is 11.4 Å². The van der Waals surface area contributed by atoms with Crippen LogP contribution in [0.2, 0.25) is 0 Å². The molecule has 0 spiro atoms. The minimum Gasteiger partial charge on any atom is -0.249 e. The largest absolute Gasteiger partial charge is 0.350 e. The number of benzene rings is 1. The normalized spacial score (nSPS) is 15.7. The number of aromatic nitrogens is 3. The molecule has 0 aliphatic carbocycles. The van der Waals surface area contributed by atoms with Crippen LogP contribution < -0.4 is 5.69 Å². The Labute approximate surface area is 149 Å². The van der Waals surface area contributed by atoms with Gasteiger partial charge >= 0.3 is 5.69 Å². The van der Waals surface area contributed by atoms with Gasteiger partial charge in [0.1, 0.15) is 5.82 Å². The Bertz CT molecular complexity index is 1110. The smallest absolute Gasteiger partial charge is 0.249 e. The van der Waals surface area contributed by atoms with Gasteiger partial charge in [-0.25, -0.2) is 26.7 Å². The van der Waals surface area contributed by atoms with Crippen LogP contribution in [-0.4, -0.2) is 40.0 Å². The summed E-state index contributed by atoms with van der Waals surface area (Å²) < 4.78 is 42.2. The maximum absolute atomic E-state index is 13.0. The van der Waals surface area contributed by atoms with Gasteiger partial charge in [0.2, 0.25) is 10.0 Å². The molecule has 1 aliphatic rings. The van der Waals surface area contributed by atoms with Crippen molar-refractivity contribution in [2.75, 3.05) is 13.1 Å². The van der Waals surface area contributed by atoms with Gasteiger partial charge in [-0.3, -0.25) is 0 Å². The van der Waals surface area contributed by atoms with Gasteiger partial charge in [-0.15, -0.1) is 5.10 Å². The van der Waals surface area contributed by atoms with Crippen LogP contribution in [0.4, 0.5) is 4.39 Å². The summed E-state index contributed by atoms with van der Waals surface area (Å²) in [4.78, 5) is 12.7. The molecule has 1 saturated heterocycles. The van der Waals surface area contributed by atoms with Gasteiger partial charge in [-0.2, -0.15) is 4.31 Å². The Kier molecular flexibility index (Phi) is 4.12. The molecule has 1 aliphatic heterocycles. The molecule has 0 amide bonds. The van der Waals surface area contributed by atoms with Crippen molar-refractivity contribution < 1.29 is 12.8 Å². The lowest BCUT2D eigenvalue weighted by Crippen LogP contribution is -2.28. The highest BCUT2D eigenvalue weighted by atomic mass is 32.2. The molecule has 0 atom stereocenters. The fourth-order valence-electron chi connectivity index (χ4n) is 3.09. The average molecular weight is 376 g/mol.